The third-order valence-electron chi connectivity index (χ3n) is 6.34. The van der Waals surface area contributed by atoms with Crippen LogP contribution in [0.2, 0.25) is 0 Å². The lowest BCUT2D eigenvalue weighted by atomic mass is 9.78. The number of aromatic hydroxyl groups is 1. The average molecular weight is 485 g/mol. The number of anilines is 1. The number of hydrogen-bond donors (Lipinski definition) is 2. The number of nitrogens with zero attached hydrogens (tertiary/aromatic N) is 6. The van der Waals surface area contributed by atoms with Gasteiger partial charge in [0, 0.05) is 6.42 Å². The van der Waals surface area contributed by atoms with Gasteiger partial charge in [-0.3, -0.25) is 4.79 Å². The summed E-state index contributed by atoms with van der Waals surface area (Å²) in [5.74, 6) is -1.42. The molecule has 0 bridgehead atoms. The molecule has 0 saturated carbocycles. The number of amides is 1. The molecule has 0 radical (unpaired) electrons. The molecule has 0 spiro atoms. The zero-order chi connectivity index (χ0) is 25.0. The van der Waals surface area contributed by atoms with Crippen LogP contribution in [0.4, 0.5) is 14.6 Å². The summed E-state index contributed by atoms with van der Waals surface area (Å²) in [5, 5.41) is 17.8. The summed E-state index contributed by atoms with van der Waals surface area (Å²) in [6, 6.07) is 11.5. The Labute approximate surface area is 202 Å². The van der Waals surface area contributed by atoms with Gasteiger partial charge in [0.1, 0.15) is 34.9 Å². The van der Waals surface area contributed by atoms with E-state index in [1.165, 1.54) is 47.2 Å². The molecule has 1 atom stereocenters. The maximum absolute atomic E-state index is 13.5. The molecule has 1 amide bonds. The Kier molecular flexibility index (Phi) is 4.75. The SMILES string of the molecule is CC1(c2ccc(F)cc2)C(=O)Nc2nc(-c3cn4ncnc4c(Cc4ccc(F)cc4)n3)nc(O)c21. The number of rotatable bonds is 4. The highest BCUT2D eigenvalue weighted by molar-refractivity contribution is 6.08. The molecule has 3 aromatic heterocycles. The van der Waals surface area contributed by atoms with Crippen LogP contribution in [0.1, 0.15) is 29.3 Å². The molecule has 5 aromatic rings. The van der Waals surface area contributed by atoms with E-state index in [-0.39, 0.29) is 28.7 Å². The molecule has 11 heteroatoms. The van der Waals surface area contributed by atoms with Crippen molar-refractivity contribution >= 4 is 17.4 Å². The highest BCUT2D eigenvalue weighted by Crippen LogP contribution is 2.46. The Bertz CT molecular complexity index is 1650. The van der Waals surface area contributed by atoms with E-state index >= 15 is 0 Å². The molecular formula is C25H17F2N7O2. The van der Waals surface area contributed by atoms with Crippen LogP contribution in [-0.4, -0.2) is 40.6 Å². The summed E-state index contributed by atoms with van der Waals surface area (Å²) >= 11 is 0. The lowest BCUT2D eigenvalue weighted by molar-refractivity contribution is -0.119. The van der Waals surface area contributed by atoms with Crippen LogP contribution in [0.25, 0.3) is 17.2 Å². The van der Waals surface area contributed by atoms with Crippen molar-refractivity contribution in [2.45, 2.75) is 18.8 Å². The Balaban J connectivity index is 1.45. The summed E-state index contributed by atoms with van der Waals surface area (Å²) in [7, 11) is 0. The highest BCUT2D eigenvalue weighted by Gasteiger charge is 2.48. The zero-order valence-corrected chi connectivity index (χ0v) is 18.8. The van der Waals surface area contributed by atoms with Gasteiger partial charge in [-0.1, -0.05) is 24.3 Å². The van der Waals surface area contributed by atoms with E-state index in [9.17, 15) is 18.7 Å². The maximum Gasteiger partial charge on any atom is 0.240 e. The lowest BCUT2D eigenvalue weighted by Crippen LogP contribution is -2.32. The van der Waals surface area contributed by atoms with Gasteiger partial charge in [-0.15, -0.1) is 0 Å². The quantitative estimate of drug-likeness (QED) is 0.401. The summed E-state index contributed by atoms with van der Waals surface area (Å²) < 4.78 is 28.3. The van der Waals surface area contributed by atoms with Gasteiger partial charge in [-0.05, 0) is 42.3 Å². The molecule has 6 rings (SSSR count). The fourth-order valence-corrected chi connectivity index (χ4v) is 4.43. The molecule has 1 aliphatic rings. The van der Waals surface area contributed by atoms with Gasteiger partial charge in [-0.25, -0.2) is 28.2 Å². The van der Waals surface area contributed by atoms with Crippen LogP contribution in [-0.2, 0) is 16.6 Å². The number of hydrogen-bond acceptors (Lipinski definition) is 7. The van der Waals surface area contributed by atoms with E-state index in [1.807, 2.05) is 0 Å². The number of fused-ring (bicyclic) bond motifs is 2. The van der Waals surface area contributed by atoms with Crippen LogP contribution in [0, 0.1) is 11.6 Å². The Morgan fingerprint density at radius 3 is 2.42 bits per heavy atom. The minimum Gasteiger partial charge on any atom is -0.493 e. The van der Waals surface area contributed by atoms with E-state index < -0.39 is 23.0 Å². The predicted molar refractivity (Wildman–Crippen MR) is 124 cm³/mol. The summed E-state index contributed by atoms with van der Waals surface area (Å²) in [5.41, 5.74) is 1.50. The van der Waals surface area contributed by atoms with E-state index in [0.29, 0.717) is 23.3 Å². The van der Waals surface area contributed by atoms with Crippen LogP contribution in [0.15, 0.2) is 61.1 Å². The normalized spacial score (nSPS) is 16.8. The van der Waals surface area contributed by atoms with Gasteiger partial charge in [0.15, 0.2) is 11.5 Å². The van der Waals surface area contributed by atoms with E-state index in [0.717, 1.165) is 5.56 Å². The summed E-state index contributed by atoms with van der Waals surface area (Å²) in [6.45, 7) is 1.62. The fraction of sp³-hybridized carbons (Fsp3) is 0.120. The highest BCUT2D eigenvalue weighted by atomic mass is 19.1. The first kappa shape index (κ1) is 21.7. The van der Waals surface area contributed by atoms with Gasteiger partial charge in [-0.2, -0.15) is 10.1 Å². The molecule has 0 saturated heterocycles. The molecule has 36 heavy (non-hydrogen) atoms. The third-order valence-corrected chi connectivity index (χ3v) is 6.34. The minimum atomic E-state index is -1.32. The molecule has 0 fully saturated rings. The first-order chi connectivity index (χ1) is 17.3. The number of carbonyl (C=O) groups excluding carboxylic acids is 1. The van der Waals surface area contributed by atoms with Gasteiger partial charge >= 0.3 is 0 Å². The van der Waals surface area contributed by atoms with Gasteiger partial charge in [0.25, 0.3) is 0 Å². The standard InChI is InChI=1S/C25H17F2N7O2/c1-25(14-4-8-16(27)9-5-14)19-21(33-24(25)36)31-20(32-23(19)35)18-11-34-22(28-12-29-34)17(30-18)10-13-2-6-15(26)7-3-13/h2-9,11-12H,10H2,1H3,(H2,31,32,33,35,36). The molecule has 1 unspecified atom stereocenters. The van der Waals surface area contributed by atoms with Gasteiger partial charge in [0.05, 0.1) is 17.5 Å². The predicted octanol–water partition coefficient (Wildman–Crippen LogP) is 3.41. The maximum atomic E-state index is 13.5. The van der Waals surface area contributed by atoms with Crippen molar-refractivity contribution in [2.75, 3.05) is 5.32 Å². The minimum absolute atomic E-state index is 0.0627. The average Bonchev–Trinajstić information content (AvgIpc) is 3.44. The zero-order valence-electron chi connectivity index (χ0n) is 18.8. The Morgan fingerprint density at radius 1 is 1.00 bits per heavy atom. The molecule has 178 valence electrons. The lowest BCUT2D eigenvalue weighted by Gasteiger charge is -2.22. The number of carbonyl (C=O) groups is 1. The number of halogens is 2. The number of aromatic nitrogens is 6. The molecular weight excluding hydrogens is 468 g/mol. The molecule has 0 aliphatic carbocycles. The first-order valence-electron chi connectivity index (χ1n) is 11.0. The van der Waals surface area contributed by atoms with E-state index in [2.05, 4.69) is 30.4 Å². The second-order valence-electron chi connectivity index (χ2n) is 8.58. The molecule has 2 N–H and O–H groups in total. The molecule has 2 aromatic carbocycles. The second kappa shape index (κ2) is 7.87. The summed E-state index contributed by atoms with van der Waals surface area (Å²) in [4.78, 5) is 30.6. The summed E-state index contributed by atoms with van der Waals surface area (Å²) in [6.07, 6.45) is 3.28. The van der Waals surface area contributed by atoms with Crippen molar-refractivity contribution in [1.82, 2.24) is 29.5 Å². The topological polar surface area (TPSA) is 118 Å². The second-order valence-corrected chi connectivity index (χ2v) is 8.58. The third kappa shape index (κ3) is 3.35. The van der Waals surface area contributed by atoms with Crippen molar-refractivity contribution < 1.29 is 18.7 Å². The van der Waals surface area contributed by atoms with Crippen LogP contribution in [0.3, 0.4) is 0 Å². The van der Waals surface area contributed by atoms with Crippen LogP contribution in [0.5, 0.6) is 5.88 Å². The van der Waals surface area contributed by atoms with Crippen LogP contribution >= 0.6 is 0 Å². The van der Waals surface area contributed by atoms with Gasteiger partial charge < -0.3 is 10.4 Å². The molecule has 1 aliphatic heterocycles. The van der Waals surface area contributed by atoms with E-state index in [1.54, 1.807) is 25.3 Å². The Morgan fingerprint density at radius 2 is 1.69 bits per heavy atom. The molecule has 4 heterocycles. The van der Waals surface area contributed by atoms with Crippen molar-refractivity contribution in [3.05, 3.63) is 95.1 Å². The van der Waals surface area contributed by atoms with Crippen molar-refractivity contribution in [1.29, 1.82) is 0 Å². The monoisotopic (exact) mass is 485 g/mol. The first-order valence-corrected chi connectivity index (χ1v) is 11.0. The van der Waals surface area contributed by atoms with Crippen molar-refractivity contribution in [2.24, 2.45) is 0 Å². The number of benzene rings is 2. The number of nitrogens with one attached hydrogen (secondary N) is 1. The van der Waals surface area contributed by atoms with Crippen LogP contribution < -0.4 is 5.32 Å². The Hall–Kier alpha value is -4.80. The smallest absolute Gasteiger partial charge is 0.240 e. The molecule has 9 nitrogen and oxygen atoms in total. The van der Waals surface area contributed by atoms with Gasteiger partial charge in [0.2, 0.25) is 11.8 Å². The largest absolute Gasteiger partial charge is 0.493 e. The van der Waals surface area contributed by atoms with Crippen molar-refractivity contribution in [3.8, 4) is 17.4 Å². The van der Waals surface area contributed by atoms with Crippen molar-refractivity contribution in [3.63, 3.8) is 0 Å². The van der Waals surface area contributed by atoms with E-state index in [4.69, 9.17) is 0 Å². The fourth-order valence-electron chi connectivity index (χ4n) is 4.43.